The Bertz CT molecular complexity index is 175. The fraction of sp³-hybridized carbons (Fsp3) is 0.636. The molecular weight excluding hydrogens is 132 g/mol. The van der Waals surface area contributed by atoms with E-state index in [-0.39, 0.29) is 0 Å². The molecule has 0 bridgehead atoms. The molecule has 1 fully saturated rings. The van der Waals surface area contributed by atoms with Gasteiger partial charge in [0, 0.05) is 6.42 Å². The summed E-state index contributed by atoms with van der Waals surface area (Å²) in [6.45, 7) is 2.14. The van der Waals surface area contributed by atoms with Crippen LogP contribution in [0.5, 0.6) is 0 Å². The molecule has 0 radical (unpaired) electrons. The van der Waals surface area contributed by atoms with Crippen LogP contribution in [0.15, 0.2) is 11.6 Å². The SMILES string of the molecule is C#CCC(C)=CC1CCCC1. The molecule has 1 rings (SSSR count). The first-order valence-corrected chi connectivity index (χ1v) is 4.43. The summed E-state index contributed by atoms with van der Waals surface area (Å²) in [4.78, 5) is 0. The molecule has 0 heteroatoms. The lowest BCUT2D eigenvalue weighted by atomic mass is 10.0. The smallest absolute Gasteiger partial charge is 0.0293 e. The molecule has 0 saturated heterocycles. The van der Waals surface area contributed by atoms with Crippen LogP contribution in [0.4, 0.5) is 0 Å². The number of hydrogen-bond acceptors (Lipinski definition) is 0. The van der Waals surface area contributed by atoms with Crippen molar-refractivity contribution in [3.8, 4) is 12.3 Å². The molecule has 0 N–H and O–H groups in total. The van der Waals surface area contributed by atoms with Gasteiger partial charge >= 0.3 is 0 Å². The predicted molar refractivity (Wildman–Crippen MR) is 49.2 cm³/mol. The Balaban J connectivity index is 2.37. The molecule has 0 amide bonds. The van der Waals surface area contributed by atoms with E-state index in [4.69, 9.17) is 6.42 Å². The van der Waals surface area contributed by atoms with Gasteiger partial charge in [-0.3, -0.25) is 0 Å². The summed E-state index contributed by atoms with van der Waals surface area (Å²) >= 11 is 0. The van der Waals surface area contributed by atoms with Gasteiger partial charge in [-0.05, 0) is 25.7 Å². The van der Waals surface area contributed by atoms with E-state index >= 15 is 0 Å². The van der Waals surface area contributed by atoms with E-state index < -0.39 is 0 Å². The number of hydrogen-bond donors (Lipinski definition) is 0. The molecule has 0 aromatic heterocycles. The Labute approximate surface area is 69.7 Å². The highest BCUT2D eigenvalue weighted by molar-refractivity contribution is 5.09. The summed E-state index contributed by atoms with van der Waals surface area (Å²) in [5.41, 5.74) is 1.37. The highest BCUT2D eigenvalue weighted by Gasteiger charge is 2.11. The van der Waals surface area contributed by atoms with E-state index in [0.29, 0.717) is 0 Å². The summed E-state index contributed by atoms with van der Waals surface area (Å²) in [5.74, 6) is 3.51. The second kappa shape index (κ2) is 4.23. The van der Waals surface area contributed by atoms with E-state index in [1.54, 1.807) is 0 Å². The number of allylic oxidation sites excluding steroid dienone is 2. The van der Waals surface area contributed by atoms with Gasteiger partial charge in [-0.25, -0.2) is 0 Å². The van der Waals surface area contributed by atoms with Crippen LogP contribution >= 0.6 is 0 Å². The van der Waals surface area contributed by atoms with Crippen molar-refractivity contribution in [2.45, 2.75) is 39.0 Å². The summed E-state index contributed by atoms with van der Waals surface area (Å²) < 4.78 is 0. The quantitative estimate of drug-likeness (QED) is 0.417. The highest BCUT2D eigenvalue weighted by Crippen LogP contribution is 2.26. The third kappa shape index (κ3) is 2.80. The van der Waals surface area contributed by atoms with E-state index in [1.165, 1.54) is 31.3 Å². The van der Waals surface area contributed by atoms with Crippen LogP contribution in [0.3, 0.4) is 0 Å². The van der Waals surface area contributed by atoms with Crippen molar-refractivity contribution < 1.29 is 0 Å². The zero-order valence-corrected chi connectivity index (χ0v) is 7.27. The lowest BCUT2D eigenvalue weighted by molar-refractivity contribution is 0.679. The zero-order valence-electron chi connectivity index (χ0n) is 7.27. The predicted octanol–water partition coefficient (Wildman–Crippen LogP) is 3.15. The fourth-order valence-electron chi connectivity index (χ4n) is 1.75. The van der Waals surface area contributed by atoms with Gasteiger partial charge in [0.1, 0.15) is 0 Å². The van der Waals surface area contributed by atoms with Crippen LogP contribution in [0.25, 0.3) is 0 Å². The van der Waals surface area contributed by atoms with Crippen molar-refractivity contribution >= 4 is 0 Å². The van der Waals surface area contributed by atoms with E-state index in [9.17, 15) is 0 Å². The van der Waals surface area contributed by atoms with Crippen LogP contribution in [0.2, 0.25) is 0 Å². The van der Waals surface area contributed by atoms with Gasteiger partial charge < -0.3 is 0 Å². The van der Waals surface area contributed by atoms with Crippen LogP contribution in [-0.2, 0) is 0 Å². The minimum Gasteiger partial charge on any atom is -0.120 e. The average molecular weight is 148 g/mol. The fourth-order valence-corrected chi connectivity index (χ4v) is 1.75. The summed E-state index contributed by atoms with van der Waals surface area (Å²) in [5, 5.41) is 0. The number of rotatable bonds is 2. The van der Waals surface area contributed by atoms with Crippen molar-refractivity contribution in [2.75, 3.05) is 0 Å². The Hall–Kier alpha value is -0.700. The molecular formula is C11H16. The van der Waals surface area contributed by atoms with Gasteiger partial charge in [-0.15, -0.1) is 12.3 Å². The maximum atomic E-state index is 5.21. The Morgan fingerprint density at radius 1 is 1.55 bits per heavy atom. The van der Waals surface area contributed by atoms with Crippen molar-refractivity contribution in [3.63, 3.8) is 0 Å². The van der Waals surface area contributed by atoms with Crippen molar-refractivity contribution in [1.82, 2.24) is 0 Å². The monoisotopic (exact) mass is 148 g/mol. The largest absolute Gasteiger partial charge is 0.120 e. The molecule has 0 aromatic rings. The van der Waals surface area contributed by atoms with Gasteiger partial charge in [-0.2, -0.15) is 0 Å². The van der Waals surface area contributed by atoms with E-state index in [1.807, 2.05) is 0 Å². The minimum absolute atomic E-state index is 0.830. The molecule has 0 aliphatic heterocycles. The molecule has 0 unspecified atom stereocenters. The van der Waals surface area contributed by atoms with Gasteiger partial charge in [-0.1, -0.05) is 24.5 Å². The van der Waals surface area contributed by atoms with Gasteiger partial charge in [0.05, 0.1) is 0 Å². The molecule has 11 heavy (non-hydrogen) atoms. The Morgan fingerprint density at radius 2 is 2.18 bits per heavy atom. The second-order valence-electron chi connectivity index (χ2n) is 3.44. The topological polar surface area (TPSA) is 0 Å². The third-order valence-electron chi connectivity index (χ3n) is 2.30. The van der Waals surface area contributed by atoms with Gasteiger partial charge in [0.25, 0.3) is 0 Å². The molecule has 60 valence electrons. The molecule has 1 saturated carbocycles. The second-order valence-corrected chi connectivity index (χ2v) is 3.44. The van der Waals surface area contributed by atoms with Crippen molar-refractivity contribution in [3.05, 3.63) is 11.6 Å². The molecule has 0 spiro atoms. The Kier molecular flexibility index (Phi) is 3.23. The normalized spacial score (nSPS) is 20.2. The van der Waals surface area contributed by atoms with Gasteiger partial charge in [0.2, 0.25) is 0 Å². The molecule has 1 aliphatic rings. The first kappa shape index (κ1) is 8.40. The summed E-state index contributed by atoms with van der Waals surface area (Å²) in [6, 6.07) is 0. The maximum Gasteiger partial charge on any atom is 0.0293 e. The first-order valence-electron chi connectivity index (χ1n) is 4.43. The lowest BCUT2D eigenvalue weighted by Crippen LogP contribution is -1.88. The molecule has 1 aliphatic carbocycles. The molecule has 0 heterocycles. The van der Waals surface area contributed by atoms with Crippen LogP contribution in [0.1, 0.15) is 39.0 Å². The first-order chi connectivity index (χ1) is 5.33. The number of terminal acetylenes is 1. The maximum absolute atomic E-state index is 5.21. The molecule has 0 aromatic carbocycles. The summed E-state index contributed by atoms with van der Waals surface area (Å²) in [7, 11) is 0. The highest BCUT2D eigenvalue weighted by atomic mass is 14.2. The van der Waals surface area contributed by atoms with E-state index in [2.05, 4.69) is 18.9 Å². The third-order valence-corrected chi connectivity index (χ3v) is 2.30. The van der Waals surface area contributed by atoms with Gasteiger partial charge in [0.15, 0.2) is 0 Å². The minimum atomic E-state index is 0.830. The van der Waals surface area contributed by atoms with Crippen LogP contribution in [-0.4, -0.2) is 0 Å². The molecule has 0 nitrogen and oxygen atoms in total. The Morgan fingerprint density at radius 3 is 2.73 bits per heavy atom. The van der Waals surface area contributed by atoms with Crippen molar-refractivity contribution in [2.24, 2.45) is 5.92 Å². The summed E-state index contributed by atoms with van der Waals surface area (Å²) in [6.07, 6.45) is 14.0. The molecule has 0 atom stereocenters. The van der Waals surface area contributed by atoms with E-state index in [0.717, 1.165) is 12.3 Å². The standard InChI is InChI=1S/C11H16/c1-3-6-10(2)9-11-7-4-5-8-11/h1,9,11H,4-8H2,2H3. The average Bonchev–Trinajstić information content (AvgIpc) is 2.40. The van der Waals surface area contributed by atoms with Crippen molar-refractivity contribution in [1.29, 1.82) is 0 Å². The van der Waals surface area contributed by atoms with Crippen LogP contribution < -0.4 is 0 Å². The lowest BCUT2D eigenvalue weighted by Gasteiger charge is -2.02. The van der Waals surface area contributed by atoms with Crippen LogP contribution in [0, 0.1) is 18.3 Å². The zero-order chi connectivity index (χ0) is 8.10.